The van der Waals surface area contributed by atoms with Crippen LogP contribution in [0.15, 0.2) is 42.7 Å². The summed E-state index contributed by atoms with van der Waals surface area (Å²) < 4.78 is 37.4. The lowest BCUT2D eigenvalue weighted by Gasteiger charge is -2.49. The lowest BCUT2D eigenvalue weighted by atomic mass is 9.73. The highest BCUT2D eigenvalue weighted by molar-refractivity contribution is 6.09. The van der Waals surface area contributed by atoms with Gasteiger partial charge in [0.1, 0.15) is 17.5 Å². The second-order valence-electron chi connectivity index (χ2n) is 16.6. The van der Waals surface area contributed by atoms with Crippen molar-refractivity contribution < 1.29 is 23.1 Å². The number of ether oxygens (including phenoxy) is 1. The highest BCUT2D eigenvalue weighted by atomic mass is 19.1. The van der Waals surface area contributed by atoms with E-state index in [1.807, 2.05) is 24.5 Å². The van der Waals surface area contributed by atoms with Crippen LogP contribution in [0.2, 0.25) is 0 Å². The molecule has 9 rings (SSSR count). The fraction of sp³-hybridized carbons (Fsp3) is 0.524. The van der Waals surface area contributed by atoms with Crippen molar-refractivity contribution in [1.82, 2.24) is 29.7 Å². The molecule has 55 heavy (non-hydrogen) atoms. The Morgan fingerprint density at radius 1 is 1.02 bits per heavy atom. The number of piperidine rings is 2. The van der Waals surface area contributed by atoms with Gasteiger partial charge in [-0.3, -0.25) is 19.4 Å². The number of alkyl halides is 1. The maximum Gasteiger partial charge on any atom is 0.251 e. The van der Waals surface area contributed by atoms with E-state index in [9.17, 15) is 14.0 Å². The number of hydrogen-bond donors (Lipinski definition) is 2. The molecule has 3 saturated heterocycles. The Hall–Kier alpha value is -4.46. The fourth-order valence-electron chi connectivity index (χ4n) is 9.62. The molecule has 0 radical (unpaired) electrons. The molecular formula is C42H50F2N8O3. The van der Waals surface area contributed by atoms with Crippen LogP contribution in [0.3, 0.4) is 0 Å². The molecule has 4 aliphatic heterocycles. The van der Waals surface area contributed by atoms with Gasteiger partial charge >= 0.3 is 0 Å². The first-order chi connectivity index (χ1) is 26.5. The minimum Gasteiger partial charge on any atom is -0.378 e. The first kappa shape index (κ1) is 36.2. The van der Waals surface area contributed by atoms with E-state index in [1.165, 1.54) is 12.1 Å². The second kappa shape index (κ2) is 13.9. The van der Waals surface area contributed by atoms with Crippen LogP contribution in [0, 0.1) is 12.7 Å². The summed E-state index contributed by atoms with van der Waals surface area (Å²) in [5.74, 6) is -0.217. The van der Waals surface area contributed by atoms with E-state index >= 15 is 4.39 Å². The van der Waals surface area contributed by atoms with Gasteiger partial charge in [-0.15, -0.1) is 0 Å². The number of imidazole rings is 1. The lowest BCUT2D eigenvalue weighted by Crippen LogP contribution is -2.60. The summed E-state index contributed by atoms with van der Waals surface area (Å²) in [7, 11) is 1.55. The number of nitrogens with zero attached hydrogens (tertiary/aromatic N) is 6. The molecule has 1 atom stereocenters. The average molecular weight is 753 g/mol. The van der Waals surface area contributed by atoms with E-state index in [-0.39, 0.29) is 35.6 Å². The van der Waals surface area contributed by atoms with Gasteiger partial charge in [0, 0.05) is 48.5 Å². The van der Waals surface area contributed by atoms with Crippen molar-refractivity contribution in [3.05, 3.63) is 65.2 Å². The largest absolute Gasteiger partial charge is 0.378 e. The molecule has 290 valence electrons. The Morgan fingerprint density at radius 2 is 1.80 bits per heavy atom. The minimum absolute atomic E-state index is 0.0392. The number of halogens is 2. The summed E-state index contributed by atoms with van der Waals surface area (Å²) >= 11 is 0. The molecular weight excluding hydrogens is 703 g/mol. The van der Waals surface area contributed by atoms with Crippen molar-refractivity contribution in [2.45, 2.75) is 95.1 Å². The van der Waals surface area contributed by atoms with Crippen LogP contribution in [0.4, 0.5) is 26.0 Å². The summed E-state index contributed by atoms with van der Waals surface area (Å²) in [4.78, 5) is 44.2. The fourth-order valence-corrected chi connectivity index (χ4v) is 9.62. The number of benzene rings is 2. The molecule has 2 aromatic carbocycles. The molecule has 11 nitrogen and oxygen atoms in total. The van der Waals surface area contributed by atoms with E-state index in [0.717, 1.165) is 87.3 Å². The number of rotatable bonds is 8. The van der Waals surface area contributed by atoms with Crippen molar-refractivity contribution >= 4 is 40.0 Å². The zero-order chi connectivity index (χ0) is 38.2. The molecule has 4 aromatic rings. The monoisotopic (exact) mass is 752 g/mol. The van der Waals surface area contributed by atoms with Crippen molar-refractivity contribution in [3.63, 3.8) is 0 Å². The van der Waals surface area contributed by atoms with Crippen LogP contribution in [-0.2, 0) is 14.9 Å². The Bertz CT molecular complexity index is 2150. The topological polar surface area (TPSA) is 108 Å². The SMILES string of the molecule is CNC(=O)c1cc(Nc2nc(-c3ccc4c(c3)N(C3CC(N5CCC[C@H](F)C5)C3)C(=O)C43CCN(C4COC4)CC3)cc3ncn(C(C)C)c23)c(F)cc1C. The predicted octanol–water partition coefficient (Wildman–Crippen LogP) is 6.27. The number of aromatic nitrogens is 3. The van der Waals surface area contributed by atoms with Crippen LogP contribution < -0.4 is 15.5 Å². The summed E-state index contributed by atoms with van der Waals surface area (Å²) in [5.41, 5.74) is 5.29. The standard InChI is InChI=1S/C42H50F2N8O3/c1-24(2)51-23-46-36-19-34(47-39(38(36)51)48-35-18-31(40(53)45-4)25(3)14-33(35)44)26-7-8-32-37(15-26)52(29-16-28(17-29)50-11-5-6-27(43)20-50)41(54)42(32)9-12-49(13-10-42)30-21-55-22-30/h7-8,14-15,18-19,23-24,27-30H,5-6,9-13,16-17,20-22H2,1-4H3,(H,45,53)(H,47,48)/t27-,28?,29?/m0/s1. The summed E-state index contributed by atoms with van der Waals surface area (Å²) in [6.07, 6.45) is 5.65. The van der Waals surface area contributed by atoms with Crippen LogP contribution in [0.5, 0.6) is 0 Å². The third-order valence-electron chi connectivity index (χ3n) is 13.0. The van der Waals surface area contributed by atoms with Gasteiger partial charge < -0.3 is 24.8 Å². The van der Waals surface area contributed by atoms with Gasteiger partial charge in [0.15, 0.2) is 5.82 Å². The third kappa shape index (κ3) is 6.09. The van der Waals surface area contributed by atoms with E-state index in [4.69, 9.17) is 14.7 Å². The molecule has 1 aliphatic carbocycles. The number of pyridine rings is 1. The molecule has 5 aliphatic rings. The molecule has 1 spiro atoms. The Labute approximate surface area is 320 Å². The zero-order valence-electron chi connectivity index (χ0n) is 32.1. The molecule has 2 N–H and O–H groups in total. The molecule has 1 saturated carbocycles. The highest BCUT2D eigenvalue weighted by Crippen LogP contribution is 2.52. The van der Waals surface area contributed by atoms with E-state index < -0.39 is 17.4 Å². The highest BCUT2D eigenvalue weighted by Gasteiger charge is 2.56. The van der Waals surface area contributed by atoms with Crippen LogP contribution in [0.25, 0.3) is 22.3 Å². The van der Waals surface area contributed by atoms with Crippen molar-refractivity contribution in [1.29, 1.82) is 0 Å². The number of aryl methyl sites for hydroxylation is 1. The normalized spacial score (nSPS) is 24.3. The quantitative estimate of drug-likeness (QED) is 0.217. The maximum absolute atomic E-state index is 15.6. The van der Waals surface area contributed by atoms with Gasteiger partial charge in [0.05, 0.1) is 47.9 Å². The predicted molar refractivity (Wildman–Crippen MR) is 208 cm³/mol. The Kier molecular flexibility index (Phi) is 9.17. The lowest BCUT2D eigenvalue weighted by molar-refractivity contribution is -0.128. The van der Waals surface area contributed by atoms with Crippen molar-refractivity contribution in [2.75, 3.05) is 56.7 Å². The van der Waals surface area contributed by atoms with Crippen LogP contribution >= 0.6 is 0 Å². The smallest absolute Gasteiger partial charge is 0.251 e. The number of fused-ring (bicyclic) bond motifs is 3. The van der Waals surface area contributed by atoms with Gasteiger partial charge in [-0.2, -0.15) is 0 Å². The number of likely N-dealkylation sites (tertiary alicyclic amines) is 2. The van der Waals surface area contributed by atoms with Gasteiger partial charge in [-0.25, -0.2) is 18.7 Å². The molecule has 0 unspecified atom stereocenters. The Balaban J connectivity index is 1.10. The van der Waals surface area contributed by atoms with Crippen LogP contribution in [-0.4, -0.2) is 107 Å². The minimum atomic E-state index is -0.782. The van der Waals surface area contributed by atoms with Gasteiger partial charge in [0.2, 0.25) is 5.91 Å². The van der Waals surface area contributed by atoms with Crippen LogP contribution in [0.1, 0.15) is 79.9 Å². The van der Waals surface area contributed by atoms with Crippen molar-refractivity contribution in [3.8, 4) is 11.3 Å². The summed E-state index contributed by atoms with van der Waals surface area (Å²) in [6, 6.07) is 11.9. The molecule has 4 fully saturated rings. The number of hydrogen-bond acceptors (Lipinski definition) is 8. The van der Waals surface area contributed by atoms with Gasteiger partial charge in [-0.05, 0) is 114 Å². The van der Waals surface area contributed by atoms with E-state index in [2.05, 4.69) is 43.5 Å². The number of carbonyl (C=O) groups is 2. The van der Waals surface area contributed by atoms with Gasteiger partial charge in [-0.1, -0.05) is 12.1 Å². The molecule has 6 heterocycles. The summed E-state index contributed by atoms with van der Waals surface area (Å²) in [5, 5.41) is 5.87. The maximum atomic E-state index is 15.6. The first-order valence-corrected chi connectivity index (χ1v) is 19.9. The molecule has 2 aromatic heterocycles. The third-order valence-corrected chi connectivity index (χ3v) is 13.0. The zero-order valence-corrected chi connectivity index (χ0v) is 32.1. The van der Waals surface area contributed by atoms with E-state index in [1.54, 1.807) is 20.3 Å². The van der Waals surface area contributed by atoms with E-state index in [0.29, 0.717) is 47.2 Å². The number of carbonyl (C=O) groups excluding carboxylic acids is 2. The second-order valence-corrected chi connectivity index (χ2v) is 16.6. The molecule has 0 bridgehead atoms. The number of nitrogens with one attached hydrogen (secondary N) is 2. The number of amides is 2. The average Bonchev–Trinajstić information content (AvgIpc) is 3.66. The summed E-state index contributed by atoms with van der Waals surface area (Å²) in [6.45, 7) is 10.4. The molecule has 13 heteroatoms. The number of anilines is 3. The first-order valence-electron chi connectivity index (χ1n) is 19.9. The van der Waals surface area contributed by atoms with Gasteiger partial charge in [0.25, 0.3) is 5.91 Å². The van der Waals surface area contributed by atoms with Crippen molar-refractivity contribution in [2.24, 2.45) is 0 Å². The Morgan fingerprint density at radius 3 is 2.49 bits per heavy atom. The molecule has 2 amide bonds.